The third-order valence-corrected chi connectivity index (χ3v) is 8.08. The molecular weight excluding hydrogens is 473 g/mol. The van der Waals surface area contributed by atoms with E-state index in [9.17, 15) is 23.6 Å². The fourth-order valence-corrected chi connectivity index (χ4v) is 6.50. The first-order valence-corrected chi connectivity index (χ1v) is 12.4. The average molecular weight is 498 g/mol. The molecule has 3 aromatic rings. The Labute approximate surface area is 213 Å². The van der Waals surface area contributed by atoms with Gasteiger partial charge in [-0.1, -0.05) is 36.4 Å². The number of hydrogen-bond donors (Lipinski definition) is 0. The van der Waals surface area contributed by atoms with Crippen LogP contribution in [0.2, 0.25) is 0 Å². The second kappa shape index (κ2) is 9.07. The molecule has 3 aliphatic rings. The summed E-state index contributed by atoms with van der Waals surface area (Å²) in [4.78, 5) is 53.1. The van der Waals surface area contributed by atoms with Gasteiger partial charge in [0, 0.05) is 5.56 Å². The quantitative estimate of drug-likeness (QED) is 0.278. The molecule has 186 valence electrons. The van der Waals surface area contributed by atoms with Crippen molar-refractivity contribution in [3.63, 3.8) is 0 Å². The molecule has 7 heteroatoms. The molecule has 3 fully saturated rings. The number of Topliss-reactive ketones (excluding diaryl/α,β-unsaturated/α-hetero) is 1. The Morgan fingerprint density at radius 3 is 2.32 bits per heavy atom. The standard InChI is InChI=1S/C30H24FNO5/c31-21-11-9-18(10-12-21)25(33)16-37-30(36)19-7-4-8-22(13-19)32-28(34)26-20-14-23(17-5-2-1-3-6-17)24(15-20)27(26)29(32)35/h1-13,20,23-24,26-27H,14-16H2/t20-,23+,24+,26+,27+/m0/s1. The van der Waals surface area contributed by atoms with Gasteiger partial charge in [0.25, 0.3) is 0 Å². The van der Waals surface area contributed by atoms with Crippen molar-refractivity contribution in [3.8, 4) is 0 Å². The van der Waals surface area contributed by atoms with Crippen molar-refractivity contribution >= 4 is 29.3 Å². The van der Waals surface area contributed by atoms with Crippen LogP contribution in [0.1, 0.15) is 45.0 Å². The van der Waals surface area contributed by atoms with Crippen LogP contribution in [0.15, 0.2) is 78.9 Å². The summed E-state index contributed by atoms with van der Waals surface area (Å²) in [5.74, 6) is -2.19. The van der Waals surface area contributed by atoms with Gasteiger partial charge < -0.3 is 4.74 Å². The predicted octanol–water partition coefficient (Wildman–Crippen LogP) is 4.79. The highest BCUT2D eigenvalue weighted by molar-refractivity contribution is 6.23. The van der Waals surface area contributed by atoms with E-state index in [4.69, 9.17) is 4.74 Å². The van der Waals surface area contributed by atoms with Gasteiger partial charge in [0.15, 0.2) is 12.4 Å². The maximum atomic E-state index is 13.6. The van der Waals surface area contributed by atoms with Gasteiger partial charge in [-0.25, -0.2) is 9.18 Å². The molecule has 0 aromatic heterocycles. The predicted molar refractivity (Wildman–Crippen MR) is 132 cm³/mol. The van der Waals surface area contributed by atoms with Crippen LogP contribution in [-0.2, 0) is 14.3 Å². The van der Waals surface area contributed by atoms with Crippen LogP contribution >= 0.6 is 0 Å². The lowest BCUT2D eigenvalue weighted by molar-refractivity contribution is -0.123. The van der Waals surface area contributed by atoms with Crippen LogP contribution in [-0.4, -0.2) is 30.2 Å². The highest BCUT2D eigenvalue weighted by Gasteiger charge is 2.64. The van der Waals surface area contributed by atoms with Gasteiger partial charge in [-0.15, -0.1) is 0 Å². The molecule has 1 saturated heterocycles. The average Bonchev–Trinajstić information content (AvgIpc) is 3.59. The lowest BCUT2D eigenvalue weighted by Crippen LogP contribution is -2.33. The molecular formula is C30H24FNO5. The Hall–Kier alpha value is -4.13. The lowest BCUT2D eigenvalue weighted by Gasteiger charge is -2.28. The number of benzene rings is 3. The summed E-state index contributed by atoms with van der Waals surface area (Å²) in [7, 11) is 0. The van der Waals surface area contributed by atoms with E-state index in [2.05, 4.69) is 12.1 Å². The third-order valence-electron chi connectivity index (χ3n) is 8.08. The SMILES string of the molecule is O=C(COC(=O)c1cccc(N2C(=O)[C@@H]3[C@@H]4C[C@@H]([C@H]3C2=O)[C@@H](c2ccccc2)C4)c1)c1ccc(F)cc1. The minimum Gasteiger partial charge on any atom is -0.454 e. The molecule has 2 amide bonds. The van der Waals surface area contributed by atoms with Crippen molar-refractivity contribution in [2.75, 3.05) is 11.5 Å². The van der Waals surface area contributed by atoms with Gasteiger partial charge in [0.1, 0.15) is 5.82 Å². The largest absolute Gasteiger partial charge is 0.454 e. The highest BCUT2D eigenvalue weighted by atomic mass is 19.1. The number of ether oxygens (including phenoxy) is 1. The van der Waals surface area contributed by atoms with Crippen LogP contribution in [0.5, 0.6) is 0 Å². The van der Waals surface area contributed by atoms with Crippen molar-refractivity contribution in [3.05, 3.63) is 101 Å². The number of imide groups is 1. The number of anilines is 1. The highest BCUT2D eigenvalue weighted by Crippen LogP contribution is 2.61. The zero-order valence-electron chi connectivity index (χ0n) is 19.9. The normalized spacial score (nSPS) is 25.9. The summed E-state index contributed by atoms with van der Waals surface area (Å²) in [6, 6.07) is 21.3. The molecule has 3 aromatic carbocycles. The van der Waals surface area contributed by atoms with E-state index in [1.54, 1.807) is 12.1 Å². The molecule has 1 aliphatic heterocycles. The van der Waals surface area contributed by atoms with Gasteiger partial charge in [-0.2, -0.15) is 0 Å². The Morgan fingerprint density at radius 2 is 1.57 bits per heavy atom. The minimum absolute atomic E-state index is 0.129. The summed E-state index contributed by atoms with van der Waals surface area (Å²) >= 11 is 0. The molecule has 2 aliphatic carbocycles. The van der Waals surface area contributed by atoms with Gasteiger partial charge in [0.05, 0.1) is 23.1 Å². The minimum atomic E-state index is -0.749. The summed E-state index contributed by atoms with van der Waals surface area (Å²) < 4.78 is 18.2. The van der Waals surface area contributed by atoms with Gasteiger partial charge >= 0.3 is 5.97 Å². The van der Waals surface area contributed by atoms with Crippen LogP contribution in [0.3, 0.4) is 0 Å². The number of halogens is 1. The lowest BCUT2D eigenvalue weighted by atomic mass is 9.73. The van der Waals surface area contributed by atoms with E-state index >= 15 is 0 Å². The summed E-state index contributed by atoms with van der Waals surface area (Å²) in [5, 5.41) is 0. The number of ketones is 1. The molecule has 0 radical (unpaired) electrons. The summed E-state index contributed by atoms with van der Waals surface area (Å²) in [6.45, 7) is -0.509. The molecule has 0 unspecified atom stereocenters. The van der Waals surface area contributed by atoms with E-state index in [0.29, 0.717) is 5.69 Å². The molecule has 1 heterocycles. The van der Waals surface area contributed by atoms with Crippen molar-refractivity contribution in [2.24, 2.45) is 23.7 Å². The van der Waals surface area contributed by atoms with E-state index in [1.165, 1.54) is 34.7 Å². The number of hydrogen-bond acceptors (Lipinski definition) is 5. The number of amides is 2. The summed E-state index contributed by atoms with van der Waals surface area (Å²) in [5.41, 5.74) is 1.91. The van der Waals surface area contributed by atoms with Crippen molar-refractivity contribution < 1.29 is 28.3 Å². The van der Waals surface area contributed by atoms with E-state index in [-0.39, 0.29) is 52.5 Å². The van der Waals surface area contributed by atoms with E-state index in [0.717, 1.165) is 25.0 Å². The van der Waals surface area contributed by atoms with Gasteiger partial charge in [-0.3, -0.25) is 19.3 Å². The second-order valence-corrected chi connectivity index (χ2v) is 10.0. The monoisotopic (exact) mass is 497 g/mol. The zero-order valence-corrected chi connectivity index (χ0v) is 19.9. The Morgan fingerprint density at radius 1 is 0.838 bits per heavy atom. The molecule has 2 saturated carbocycles. The maximum absolute atomic E-state index is 13.6. The molecule has 0 N–H and O–H groups in total. The second-order valence-electron chi connectivity index (χ2n) is 10.0. The third kappa shape index (κ3) is 3.95. The molecule has 6 rings (SSSR count). The topological polar surface area (TPSA) is 80.8 Å². The van der Waals surface area contributed by atoms with E-state index in [1.807, 2.05) is 18.2 Å². The first kappa shape index (κ1) is 23.3. The van der Waals surface area contributed by atoms with E-state index < -0.39 is 24.2 Å². The number of rotatable bonds is 6. The fourth-order valence-electron chi connectivity index (χ4n) is 6.50. The maximum Gasteiger partial charge on any atom is 0.338 e. The van der Waals surface area contributed by atoms with Crippen molar-refractivity contribution in [1.82, 2.24) is 0 Å². The Kier molecular flexibility index (Phi) is 5.71. The number of esters is 1. The Bertz CT molecular complexity index is 1400. The van der Waals surface area contributed by atoms with Crippen molar-refractivity contribution in [1.29, 1.82) is 0 Å². The number of nitrogens with zero attached hydrogens (tertiary/aromatic N) is 1. The molecule has 2 bridgehead atoms. The first-order chi connectivity index (χ1) is 17.9. The first-order valence-electron chi connectivity index (χ1n) is 12.4. The number of carbonyl (C=O) groups is 4. The van der Waals surface area contributed by atoms with Crippen LogP contribution in [0, 0.1) is 29.5 Å². The fraction of sp³-hybridized carbons (Fsp3) is 0.267. The Balaban J connectivity index is 1.18. The van der Waals surface area contributed by atoms with Gasteiger partial charge in [0.2, 0.25) is 11.8 Å². The summed E-state index contributed by atoms with van der Waals surface area (Å²) in [6.07, 6.45) is 1.78. The van der Waals surface area contributed by atoms with Gasteiger partial charge in [-0.05, 0) is 78.6 Å². The van der Waals surface area contributed by atoms with Crippen LogP contribution in [0.4, 0.5) is 10.1 Å². The number of fused-ring (bicyclic) bond motifs is 5. The smallest absolute Gasteiger partial charge is 0.338 e. The molecule has 5 atom stereocenters. The van der Waals surface area contributed by atoms with Crippen molar-refractivity contribution in [2.45, 2.75) is 18.8 Å². The zero-order chi connectivity index (χ0) is 25.7. The molecule has 6 nitrogen and oxygen atoms in total. The van der Waals surface area contributed by atoms with Crippen LogP contribution < -0.4 is 4.90 Å². The molecule has 37 heavy (non-hydrogen) atoms. The molecule has 0 spiro atoms. The van der Waals surface area contributed by atoms with Crippen LogP contribution in [0.25, 0.3) is 0 Å². The number of carbonyl (C=O) groups excluding carboxylic acids is 4.